The van der Waals surface area contributed by atoms with E-state index in [1.165, 1.54) is 30.7 Å². The number of nitrogens with zero attached hydrogens (tertiary/aromatic N) is 3. The third kappa shape index (κ3) is 5.14. The summed E-state index contributed by atoms with van der Waals surface area (Å²) in [6.07, 6.45) is 7.50. The third-order valence-corrected chi connectivity index (χ3v) is 7.64. The van der Waals surface area contributed by atoms with Crippen molar-refractivity contribution in [1.29, 1.82) is 0 Å². The van der Waals surface area contributed by atoms with Gasteiger partial charge in [0.15, 0.2) is 0 Å². The fraction of sp³-hybridized carbons (Fsp3) is 0.444. The standard InChI is InChI=1S/C27H29ClF2N4O3/c1-16(17-8-3-2-4-9-17)37-23-15-22(34-27(36)33-13-6-5-12-24(33)32-34)21(30)14-18(23)26(35)31-25-19(28)10-7-11-20(25)29/h7,10-11,14-17H,2-6,8-9,12-13H2,1H3,(H,31,35). The number of rotatable bonds is 6. The molecule has 1 saturated carbocycles. The van der Waals surface area contributed by atoms with Crippen LogP contribution in [0.5, 0.6) is 5.75 Å². The number of hydrogen-bond acceptors (Lipinski definition) is 4. The molecule has 1 aliphatic carbocycles. The number of carbonyl (C=O) groups excluding carboxylic acids is 1. The van der Waals surface area contributed by atoms with Gasteiger partial charge in [-0.2, -0.15) is 4.68 Å². The van der Waals surface area contributed by atoms with E-state index >= 15 is 4.39 Å². The number of nitrogens with one attached hydrogen (secondary N) is 1. The normalized spacial score (nSPS) is 16.8. The smallest absolute Gasteiger partial charge is 0.350 e. The summed E-state index contributed by atoms with van der Waals surface area (Å²) in [4.78, 5) is 26.3. The summed E-state index contributed by atoms with van der Waals surface area (Å²) >= 11 is 6.08. The van der Waals surface area contributed by atoms with Crippen molar-refractivity contribution >= 4 is 23.2 Å². The molecule has 7 nitrogen and oxygen atoms in total. The lowest BCUT2D eigenvalue weighted by molar-refractivity contribution is 0.0996. The molecule has 0 bridgehead atoms. The Morgan fingerprint density at radius 2 is 1.92 bits per heavy atom. The maximum atomic E-state index is 15.5. The van der Waals surface area contributed by atoms with Gasteiger partial charge in [-0.3, -0.25) is 9.36 Å². The Balaban J connectivity index is 1.55. The van der Waals surface area contributed by atoms with Crippen LogP contribution in [-0.4, -0.2) is 26.4 Å². The first-order chi connectivity index (χ1) is 17.8. The maximum Gasteiger partial charge on any atom is 0.350 e. The summed E-state index contributed by atoms with van der Waals surface area (Å²) in [5.41, 5.74) is -0.864. The summed E-state index contributed by atoms with van der Waals surface area (Å²) < 4.78 is 38.7. The van der Waals surface area contributed by atoms with Gasteiger partial charge >= 0.3 is 5.69 Å². The molecule has 37 heavy (non-hydrogen) atoms. The largest absolute Gasteiger partial charge is 0.490 e. The minimum absolute atomic E-state index is 0.0126. The van der Waals surface area contributed by atoms with E-state index < -0.39 is 23.2 Å². The highest BCUT2D eigenvalue weighted by Crippen LogP contribution is 2.33. The Hall–Kier alpha value is -3.20. The molecule has 0 spiro atoms. The van der Waals surface area contributed by atoms with Crippen molar-refractivity contribution in [2.24, 2.45) is 5.92 Å². The van der Waals surface area contributed by atoms with Crippen molar-refractivity contribution in [2.45, 2.75) is 70.9 Å². The van der Waals surface area contributed by atoms with Gasteiger partial charge in [0, 0.05) is 19.0 Å². The molecular formula is C27H29ClF2N4O3. The van der Waals surface area contributed by atoms with E-state index in [1.807, 2.05) is 6.92 Å². The molecule has 0 radical (unpaired) electrons. The summed E-state index contributed by atoms with van der Waals surface area (Å²) in [6, 6.07) is 6.38. The Bertz CT molecular complexity index is 1360. The van der Waals surface area contributed by atoms with Crippen LogP contribution in [0, 0.1) is 17.6 Å². The van der Waals surface area contributed by atoms with Gasteiger partial charge in [0.25, 0.3) is 5.91 Å². The topological polar surface area (TPSA) is 78.2 Å². The van der Waals surface area contributed by atoms with Gasteiger partial charge in [0.05, 0.1) is 22.4 Å². The van der Waals surface area contributed by atoms with Gasteiger partial charge in [-0.15, -0.1) is 5.10 Å². The van der Waals surface area contributed by atoms with E-state index in [2.05, 4.69) is 10.4 Å². The SMILES string of the molecule is CC(Oc1cc(-n2nc3n(c2=O)CCCC3)c(F)cc1C(=O)Nc1c(F)cccc1Cl)C1CCCCC1. The molecule has 196 valence electrons. The summed E-state index contributed by atoms with van der Waals surface area (Å²) in [5.74, 6) is -1.34. The van der Waals surface area contributed by atoms with Crippen LogP contribution in [0.3, 0.4) is 0 Å². The van der Waals surface area contributed by atoms with Crippen LogP contribution in [-0.2, 0) is 13.0 Å². The van der Waals surface area contributed by atoms with E-state index in [4.69, 9.17) is 16.3 Å². The zero-order valence-corrected chi connectivity index (χ0v) is 21.4. The number of ether oxygens (including phenoxy) is 1. The van der Waals surface area contributed by atoms with Crippen LogP contribution < -0.4 is 15.7 Å². The van der Waals surface area contributed by atoms with Crippen LogP contribution in [0.25, 0.3) is 5.69 Å². The number of amides is 1. The molecule has 5 rings (SSSR count). The van der Waals surface area contributed by atoms with E-state index in [9.17, 15) is 14.0 Å². The zero-order valence-electron chi connectivity index (χ0n) is 20.6. The number of hydrogen-bond donors (Lipinski definition) is 1. The fourth-order valence-corrected chi connectivity index (χ4v) is 5.44. The number of carbonyl (C=O) groups is 1. The van der Waals surface area contributed by atoms with Crippen LogP contribution in [0.2, 0.25) is 5.02 Å². The van der Waals surface area contributed by atoms with Crippen LogP contribution in [0.4, 0.5) is 14.5 Å². The number of anilines is 1. The Morgan fingerprint density at radius 1 is 1.14 bits per heavy atom. The van der Waals surface area contributed by atoms with E-state index in [1.54, 1.807) is 4.57 Å². The molecule has 10 heteroatoms. The molecule has 1 unspecified atom stereocenters. The maximum absolute atomic E-state index is 15.5. The van der Waals surface area contributed by atoms with Gasteiger partial charge in [-0.05, 0) is 56.7 Å². The Kier molecular flexibility index (Phi) is 7.33. The predicted molar refractivity (Wildman–Crippen MR) is 137 cm³/mol. The molecule has 0 saturated heterocycles. The molecule has 1 amide bonds. The third-order valence-electron chi connectivity index (χ3n) is 7.32. The number of aryl methyl sites for hydroxylation is 1. The monoisotopic (exact) mass is 530 g/mol. The lowest BCUT2D eigenvalue weighted by Crippen LogP contribution is -2.28. The molecule has 1 N–H and O–H groups in total. The number of fused-ring (bicyclic) bond motifs is 1. The highest BCUT2D eigenvalue weighted by atomic mass is 35.5. The summed E-state index contributed by atoms with van der Waals surface area (Å²) in [5, 5.41) is 6.82. The highest BCUT2D eigenvalue weighted by molar-refractivity contribution is 6.34. The second-order valence-electron chi connectivity index (χ2n) is 9.79. The quantitative estimate of drug-likeness (QED) is 0.430. The molecule has 2 aromatic carbocycles. The second kappa shape index (κ2) is 10.7. The van der Waals surface area contributed by atoms with Crippen LogP contribution >= 0.6 is 11.6 Å². The average molecular weight is 531 g/mol. The van der Waals surface area contributed by atoms with Gasteiger partial charge < -0.3 is 10.1 Å². The molecule has 2 aliphatic rings. The van der Waals surface area contributed by atoms with Crippen molar-refractivity contribution in [3.8, 4) is 11.4 Å². The van der Waals surface area contributed by atoms with Crippen molar-refractivity contribution in [2.75, 3.05) is 5.32 Å². The van der Waals surface area contributed by atoms with Crippen molar-refractivity contribution in [1.82, 2.24) is 14.3 Å². The molecular weight excluding hydrogens is 502 g/mol. The van der Waals surface area contributed by atoms with Gasteiger partial charge in [0.1, 0.15) is 28.9 Å². The first kappa shape index (κ1) is 25.4. The molecule has 2 heterocycles. The zero-order chi connectivity index (χ0) is 26.1. The van der Waals surface area contributed by atoms with Gasteiger partial charge in [-0.25, -0.2) is 13.6 Å². The van der Waals surface area contributed by atoms with E-state index in [-0.39, 0.29) is 39.7 Å². The first-order valence-electron chi connectivity index (χ1n) is 12.8. The Labute approximate surface area is 218 Å². The number of aromatic nitrogens is 3. The number of halogens is 3. The van der Waals surface area contributed by atoms with Crippen LogP contribution in [0.15, 0.2) is 35.1 Å². The summed E-state index contributed by atoms with van der Waals surface area (Å²) in [7, 11) is 0. The second-order valence-corrected chi connectivity index (χ2v) is 10.2. The van der Waals surface area contributed by atoms with Gasteiger partial charge in [0.2, 0.25) is 0 Å². The lowest BCUT2D eigenvalue weighted by Gasteiger charge is -2.29. The first-order valence-corrected chi connectivity index (χ1v) is 13.2. The number of benzene rings is 2. The molecule has 1 atom stereocenters. The van der Waals surface area contributed by atoms with Crippen molar-refractivity contribution in [3.63, 3.8) is 0 Å². The fourth-order valence-electron chi connectivity index (χ4n) is 5.23. The molecule has 1 fully saturated rings. The minimum atomic E-state index is -0.819. The highest BCUT2D eigenvalue weighted by Gasteiger charge is 2.27. The molecule has 3 aromatic rings. The summed E-state index contributed by atoms with van der Waals surface area (Å²) in [6.45, 7) is 2.46. The molecule has 1 aliphatic heterocycles. The van der Waals surface area contributed by atoms with Crippen molar-refractivity contribution < 1.29 is 18.3 Å². The average Bonchev–Trinajstić information content (AvgIpc) is 3.23. The van der Waals surface area contributed by atoms with Crippen LogP contribution in [0.1, 0.15) is 68.1 Å². The van der Waals surface area contributed by atoms with Gasteiger partial charge in [-0.1, -0.05) is 36.9 Å². The lowest BCUT2D eigenvalue weighted by atomic mass is 9.86. The van der Waals surface area contributed by atoms with Crippen molar-refractivity contribution in [3.05, 3.63) is 68.9 Å². The van der Waals surface area contributed by atoms with E-state index in [0.29, 0.717) is 18.8 Å². The molecule has 1 aromatic heterocycles. The minimum Gasteiger partial charge on any atom is -0.490 e. The Morgan fingerprint density at radius 3 is 2.65 bits per heavy atom. The van der Waals surface area contributed by atoms with E-state index in [0.717, 1.165) is 49.3 Å². The number of para-hydroxylation sites is 1. The predicted octanol–water partition coefficient (Wildman–Crippen LogP) is 5.90.